The highest BCUT2D eigenvalue weighted by Gasteiger charge is 2.27. The number of carbonyl (C=O) groups is 1. The summed E-state index contributed by atoms with van der Waals surface area (Å²) < 4.78 is 5.79. The standard InChI is InChI=1S/C16H22N4O2/c1-3-19-16(21)20-10-5-4-7-12(20)11-22-14-9-6-8-13(17)15(14)18-2/h6,8-9,12H,3-5,7,10-11,17H2,1H3,(H,19,21). The van der Waals surface area contributed by atoms with Gasteiger partial charge in [0, 0.05) is 18.8 Å². The van der Waals surface area contributed by atoms with Crippen LogP contribution in [0.2, 0.25) is 0 Å². The molecule has 3 N–H and O–H groups in total. The van der Waals surface area contributed by atoms with Crippen molar-refractivity contribution in [3.8, 4) is 5.75 Å². The molecule has 1 aliphatic heterocycles. The number of hydrogen-bond acceptors (Lipinski definition) is 3. The maximum absolute atomic E-state index is 12.1. The van der Waals surface area contributed by atoms with Gasteiger partial charge in [-0.3, -0.25) is 0 Å². The first-order chi connectivity index (χ1) is 10.7. The molecule has 0 saturated carbocycles. The molecule has 2 rings (SSSR count). The van der Waals surface area contributed by atoms with E-state index in [1.54, 1.807) is 18.2 Å². The van der Waals surface area contributed by atoms with Crippen molar-refractivity contribution in [2.75, 3.05) is 25.4 Å². The van der Waals surface area contributed by atoms with E-state index < -0.39 is 0 Å². The quantitative estimate of drug-likeness (QED) is 0.663. The molecule has 0 spiro atoms. The lowest BCUT2D eigenvalue weighted by Crippen LogP contribution is -2.50. The minimum absolute atomic E-state index is 0.0281. The molecule has 1 fully saturated rings. The molecule has 1 aliphatic rings. The van der Waals surface area contributed by atoms with Crippen LogP contribution >= 0.6 is 0 Å². The summed E-state index contributed by atoms with van der Waals surface area (Å²) in [6.45, 7) is 10.8. The molecule has 0 bridgehead atoms. The van der Waals surface area contributed by atoms with E-state index in [-0.39, 0.29) is 12.1 Å². The number of para-hydroxylation sites is 1. The largest absolute Gasteiger partial charge is 0.502 e. The first kappa shape index (κ1) is 16.0. The lowest BCUT2D eigenvalue weighted by molar-refractivity contribution is 0.117. The van der Waals surface area contributed by atoms with Gasteiger partial charge in [0.05, 0.1) is 12.6 Å². The van der Waals surface area contributed by atoms with Gasteiger partial charge >= 0.3 is 6.03 Å². The lowest BCUT2D eigenvalue weighted by atomic mass is 10.0. The number of nitrogen functional groups attached to an aromatic ring is 1. The highest BCUT2D eigenvalue weighted by Crippen LogP contribution is 2.33. The molecular formula is C16H22N4O2. The maximum atomic E-state index is 12.1. The molecule has 22 heavy (non-hydrogen) atoms. The fourth-order valence-electron chi connectivity index (χ4n) is 2.66. The Morgan fingerprint density at radius 1 is 1.55 bits per heavy atom. The number of piperidine rings is 1. The molecule has 1 atom stereocenters. The Morgan fingerprint density at radius 3 is 3.09 bits per heavy atom. The fraction of sp³-hybridized carbons (Fsp3) is 0.500. The molecule has 1 unspecified atom stereocenters. The second kappa shape index (κ2) is 7.55. The highest BCUT2D eigenvalue weighted by molar-refractivity contribution is 5.75. The first-order valence-electron chi connectivity index (χ1n) is 7.60. The third-order valence-electron chi connectivity index (χ3n) is 3.79. The number of hydrogen-bond donors (Lipinski definition) is 2. The van der Waals surface area contributed by atoms with Crippen molar-refractivity contribution in [3.05, 3.63) is 29.6 Å². The van der Waals surface area contributed by atoms with Gasteiger partial charge in [-0.2, -0.15) is 0 Å². The number of urea groups is 1. The van der Waals surface area contributed by atoms with E-state index in [1.807, 2.05) is 11.8 Å². The Hall–Kier alpha value is -2.42. The molecule has 2 amide bonds. The van der Waals surface area contributed by atoms with Crippen LogP contribution in [-0.4, -0.2) is 36.7 Å². The summed E-state index contributed by atoms with van der Waals surface area (Å²) in [4.78, 5) is 17.3. The van der Waals surface area contributed by atoms with Crippen LogP contribution in [0.5, 0.6) is 5.75 Å². The molecule has 0 radical (unpaired) electrons. The van der Waals surface area contributed by atoms with Gasteiger partial charge in [-0.15, -0.1) is 0 Å². The van der Waals surface area contributed by atoms with Crippen LogP contribution in [-0.2, 0) is 0 Å². The lowest BCUT2D eigenvalue weighted by Gasteiger charge is -2.35. The van der Waals surface area contributed by atoms with Gasteiger partial charge in [0.25, 0.3) is 0 Å². The van der Waals surface area contributed by atoms with Crippen LogP contribution in [0.3, 0.4) is 0 Å². The predicted molar refractivity (Wildman–Crippen MR) is 86.0 cm³/mol. The Labute approximate surface area is 131 Å². The average Bonchev–Trinajstić information content (AvgIpc) is 2.53. The molecule has 1 aromatic rings. The van der Waals surface area contributed by atoms with Crippen molar-refractivity contribution >= 4 is 17.4 Å². The number of nitrogens with two attached hydrogens (primary N) is 1. The fourth-order valence-corrected chi connectivity index (χ4v) is 2.66. The van der Waals surface area contributed by atoms with Gasteiger partial charge in [-0.25, -0.2) is 9.64 Å². The van der Waals surface area contributed by atoms with Crippen molar-refractivity contribution in [2.45, 2.75) is 32.2 Å². The predicted octanol–water partition coefficient (Wildman–Crippen LogP) is 2.78. The van der Waals surface area contributed by atoms with Crippen LogP contribution in [0, 0.1) is 6.57 Å². The number of likely N-dealkylation sites (tertiary alicyclic amines) is 1. The number of benzene rings is 1. The molecular weight excluding hydrogens is 280 g/mol. The summed E-state index contributed by atoms with van der Waals surface area (Å²) in [5.41, 5.74) is 6.54. The number of ether oxygens (including phenoxy) is 1. The summed E-state index contributed by atoms with van der Waals surface area (Å²) in [5, 5.41) is 2.84. The van der Waals surface area contributed by atoms with E-state index in [0.29, 0.717) is 30.3 Å². The van der Waals surface area contributed by atoms with E-state index >= 15 is 0 Å². The number of nitrogens with zero attached hydrogens (tertiary/aromatic N) is 2. The highest BCUT2D eigenvalue weighted by atomic mass is 16.5. The monoisotopic (exact) mass is 302 g/mol. The molecule has 118 valence electrons. The van der Waals surface area contributed by atoms with E-state index in [0.717, 1.165) is 25.8 Å². The average molecular weight is 302 g/mol. The Morgan fingerprint density at radius 2 is 2.36 bits per heavy atom. The molecule has 6 nitrogen and oxygen atoms in total. The van der Waals surface area contributed by atoms with E-state index in [1.165, 1.54) is 0 Å². The van der Waals surface area contributed by atoms with Gasteiger partial charge in [0.15, 0.2) is 0 Å². The van der Waals surface area contributed by atoms with Crippen molar-refractivity contribution < 1.29 is 9.53 Å². The Bertz CT molecular complexity index is 568. The normalized spacial score (nSPS) is 17.6. The van der Waals surface area contributed by atoms with E-state index in [9.17, 15) is 4.79 Å². The second-order valence-corrected chi connectivity index (χ2v) is 5.30. The van der Waals surface area contributed by atoms with Crippen LogP contribution in [0.1, 0.15) is 26.2 Å². The zero-order valence-electron chi connectivity index (χ0n) is 12.8. The summed E-state index contributed by atoms with van der Waals surface area (Å²) in [6.07, 6.45) is 3.00. The number of amides is 2. The molecule has 1 saturated heterocycles. The van der Waals surface area contributed by atoms with Crippen molar-refractivity contribution in [1.29, 1.82) is 0 Å². The van der Waals surface area contributed by atoms with Gasteiger partial charge in [0.1, 0.15) is 12.4 Å². The topological polar surface area (TPSA) is 72.0 Å². The molecule has 1 heterocycles. The van der Waals surface area contributed by atoms with Crippen molar-refractivity contribution in [3.63, 3.8) is 0 Å². The van der Waals surface area contributed by atoms with E-state index in [2.05, 4.69) is 10.2 Å². The Balaban J connectivity index is 2.04. The molecule has 0 aromatic heterocycles. The number of carbonyl (C=O) groups excluding carboxylic acids is 1. The van der Waals surface area contributed by atoms with Gasteiger partial charge in [-0.05, 0) is 38.3 Å². The maximum Gasteiger partial charge on any atom is 0.317 e. The third kappa shape index (κ3) is 3.61. The smallest absolute Gasteiger partial charge is 0.317 e. The van der Waals surface area contributed by atoms with Crippen molar-refractivity contribution in [1.82, 2.24) is 10.2 Å². The van der Waals surface area contributed by atoms with Gasteiger partial charge < -0.3 is 20.7 Å². The van der Waals surface area contributed by atoms with Crippen molar-refractivity contribution in [2.24, 2.45) is 0 Å². The summed E-state index contributed by atoms with van der Waals surface area (Å²) in [6, 6.07) is 5.17. The van der Waals surface area contributed by atoms with Gasteiger partial charge in [-0.1, -0.05) is 6.07 Å². The van der Waals surface area contributed by atoms with Crippen LogP contribution in [0.15, 0.2) is 18.2 Å². The van der Waals surface area contributed by atoms with Crippen LogP contribution < -0.4 is 15.8 Å². The summed E-state index contributed by atoms with van der Waals surface area (Å²) in [5.74, 6) is 0.483. The van der Waals surface area contributed by atoms with Crippen LogP contribution in [0.25, 0.3) is 4.85 Å². The summed E-state index contributed by atoms with van der Waals surface area (Å²) in [7, 11) is 0. The second-order valence-electron chi connectivity index (χ2n) is 5.30. The van der Waals surface area contributed by atoms with E-state index in [4.69, 9.17) is 17.0 Å². The molecule has 6 heteroatoms. The van der Waals surface area contributed by atoms with Crippen LogP contribution in [0.4, 0.5) is 16.2 Å². The third-order valence-corrected chi connectivity index (χ3v) is 3.79. The SMILES string of the molecule is [C-]#[N+]c1c(N)cccc1OCC1CCCCN1C(=O)NCC. The number of rotatable bonds is 4. The zero-order chi connectivity index (χ0) is 15.9. The zero-order valence-corrected chi connectivity index (χ0v) is 12.8. The first-order valence-corrected chi connectivity index (χ1v) is 7.60. The van der Waals surface area contributed by atoms with Gasteiger partial charge in [0.2, 0.25) is 5.69 Å². The number of nitrogens with one attached hydrogen (secondary N) is 1. The minimum Gasteiger partial charge on any atom is -0.502 e. The Kier molecular flexibility index (Phi) is 5.48. The summed E-state index contributed by atoms with van der Waals surface area (Å²) >= 11 is 0. The molecule has 1 aromatic carbocycles. The molecule has 0 aliphatic carbocycles. The number of anilines is 1. The minimum atomic E-state index is -0.0474.